The minimum Gasteiger partial charge on any atom is -0.478 e. The van der Waals surface area contributed by atoms with E-state index < -0.39 is 5.97 Å². The SMILES string of the molecule is CO[C@@H]1CCC[C@H]1n1ccc(C(=O)O)c1. The fourth-order valence-electron chi connectivity index (χ4n) is 2.27. The molecule has 0 spiro atoms. The summed E-state index contributed by atoms with van der Waals surface area (Å²) >= 11 is 0. The van der Waals surface area contributed by atoms with Crippen LogP contribution >= 0.6 is 0 Å². The van der Waals surface area contributed by atoms with E-state index in [0.29, 0.717) is 11.6 Å². The maximum Gasteiger partial charge on any atom is 0.337 e. The van der Waals surface area contributed by atoms with Gasteiger partial charge in [-0.1, -0.05) is 0 Å². The van der Waals surface area contributed by atoms with Crippen LogP contribution in [0.5, 0.6) is 0 Å². The topological polar surface area (TPSA) is 51.5 Å². The van der Waals surface area contributed by atoms with Crippen molar-refractivity contribution in [3.8, 4) is 0 Å². The molecular weight excluding hydrogens is 194 g/mol. The number of hydrogen-bond donors (Lipinski definition) is 1. The van der Waals surface area contributed by atoms with Crippen molar-refractivity contribution in [1.29, 1.82) is 0 Å². The first-order valence-corrected chi connectivity index (χ1v) is 5.16. The highest BCUT2D eigenvalue weighted by Gasteiger charge is 2.28. The van der Waals surface area contributed by atoms with Gasteiger partial charge in [0, 0.05) is 19.5 Å². The maximum absolute atomic E-state index is 10.7. The summed E-state index contributed by atoms with van der Waals surface area (Å²) in [6, 6.07) is 1.93. The second kappa shape index (κ2) is 4.06. The number of methoxy groups -OCH3 is 1. The van der Waals surface area contributed by atoms with Gasteiger partial charge in [0.25, 0.3) is 0 Å². The number of carbonyl (C=O) groups is 1. The van der Waals surface area contributed by atoms with Gasteiger partial charge >= 0.3 is 5.97 Å². The summed E-state index contributed by atoms with van der Waals surface area (Å²) in [6.45, 7) is 0. The third-order valence-electron chi connectivity index (χ3n) is 3.06. The zero-order chi connectivity index (χ0) is 10.8. The molecule has 0 aromatic carbocycles. The lowest BCUT2D eigenvalue weighted by atomic mass is 10.2. The lowest BCUT2D eigenvalue weighted by Gasteiger charge is -2.19. The van der Waals surface area contributed by atoms with E-state index in [2.05, 4.69) is 0 Å². The Balaban J connectivity index is 2.18. The molecule has 1 saturated carbocycles. The van der Waals surface area contributed by atoms with Crippen LogP contribution in [0.4, 0.5) is 0 Å². The van der Waals surface area contributed by atoms with E-state index >= 15 is 0 Å². The summed E-state index contributed by atoms with van der Waals surface area (Å²) in [5.74, 6) is -0.874. The number of aromatic carboxylic acids is 1. The average molecular weight is 209 g/mol. The summed E-state index contributed by atoms with van der Waals surface area (Å²) in [5, 5.41) is 8.82. The molecule has 1 fully saturated rings. The van der Waals surface area contributed by atoms with Crippen molar-refractivity contribution in [2.75, 3.05) is 7.11 Å². The van der Waals surface area contributed by atoms with Crippen LogP contribution in [-0.2, 0) is 4.74 Å². The summed E-state index contributed by atoms with van der Waals surface area (Å²) in [7, 11) is 1.71. The molecule has 1 aromatic heterocycles. The van der Waals surface area contributed by atoms with Gasteiger partial charge in [0.05, 0.1) is 17.7 Å². The first kappa shape index (κ1) is 10.2. The Bertz CT molecular complexity index is 358. The van der Waals surface area contributed by atoms with E-state index in [1.807, 2.05) is 10.8 Å². The van der Waals surface area contributed by atoms with E-state index in [-0.39, 0.29) is 6.10 Å². The fraction of sp³-hybridized carbons (Fsp3) is 0.545. The Hall–Kier alpha value is -1.29. The van der Waals surface area contributed by atoms with Gasteiger partial charge < -0.3 is 14.4 Å². The van der Waals surface area contributed by atoms with E-state index in [1.165, 1.54) is 0 Å². The van der Waals surface area contributed by atoms with Gasteiger partial charge in [-0.2, -0.15) is 0 Å². The lowest BCUT2D eigenvalue weighted by Crippen LogP contribution is -2.19. The predicted octanol–water partition coefficient (Wildman–Crippen LogP) is 1.93. The molecule has 0 saturated heterocycles. The normalized spacial score (nSPS) is 25.7. The van der Waals surface area contributed by atoms with Gasteiger partial charge in [-0.25, -0.2) is 4.79 Å². The van der Waals surface area contributed by atoms with Gasteiger partial charge in [0.2, 0.25) is 0 Å². The third kappa shape index (κ3) is 1.90. The fourth-order valence-corrected chi connectivity index (χ4v) is 2.27. The van der Waals surface area contributed by atoms with Crippen molar-refractivity contribution in [3.05, 3.63) is 24.0 Å². The average Bonchev–Trinajstić information content (AvgIpc) is 2.85. The molecular formula is C11H15NO3. The van der Waals surface area contributed by atoms with Crippen LogP contribution < -0.4 is 0 Å². The van der Waals surface area contributed by atoms with Crippen LogP contribution in [0.1, 0.15) is 35.7 Å². The minimum absolute atomic E-state index is 0.221. The van der Waals surface area contributed by atoms with Crippen LogP contribution in [0.15, 0.2) is 18.5 Å². The molecule has 0 unspecified atom stereocenters. The van der Waals surface area contributed by atoms with Crippen molar-refractivity contribution in [2.24, 2.45) is 0 Å². The standard InChI is InChI=1S/C11H15NO3/c1-15-10-4-2-3-9(10)12-6-5-8(7-12)11(13)14/h5-7,9-10H,2-4H2,1H3,(H,13,14)/t9-,10-/m1/s1. The van der Waals surface area contributed by atoms with E-state index in [0.717, 1.165) is 19.3 Å². The van der Waals surface area contributed by atoms with Crippen LogP contribution in [0, 0.1) is 0 Å². The number of carboxylic acid groups (broad SMARTS) is 1. The largest absolute Gasteiger partial charge is 0.478 e. The molecule has 4 nitrogen and oxygen atoms in total. The first-order chi connectivity index (χ1) is 7.22. The molecule has 0 amide bonds. The smallest absolute Gasteiger partial charge is 0.337 e. The summed E-state index contributed by atoms with van der Waals surface area (Å²) < 4.78 is 7.34. The summed E-state index contributed by atoms with van der Waals surface area (Å²) in [4.78, 5) is 10.7. The highest BCUT2D eigenvalue weighted by atomic mass is 16.5. The monoisotopic (exact) mass is 209 g/mol. The summed E-state index contributed by atoms with van der Waals surface area (Å²) in [6.07, 6.45) is 6.99. The second-order valence-corrected chi connectivity index (χ2v) is 3.92. The van der Waals surface area contributed by atoms with Crippen molar-refractivity contribution >= 4 is 5.97 Å². The molecule has 0 radical (unpaired) electrons. The maximum atomic E-state index is 10.7. The zero-order valence-electron chi connectivity index (χ0n) is 8.72. The number of ether oxygens (including phenoxy) is 1. The second-order valence-electron chi connectivity index (χ2n) is 3.92. The molecule has 4 heteroatoms. The van der Waals surface area contributed by atoms with Crippen LogP contribution in [0.3, 0.4) is 0 Å². The molecule has 1 heterocycles. The summed E-state index contributed by atoms with van der Waals surface area (Å²) in [5.41, 5.74) is 0.344. The molecule has 1 aliphatic rings. The van der Waals surface area contributed by atoms with Gasteiger partial charge in [0.15, 0.2) is 0 Å². The van der Waals surface area contributed by atoms with E-state index in [4.69, 9.17) is 9.84 Å². The molecule has 0 aliphatic heterocycles. The zero-order valence-corrected chi connectivity index (χ0v) is 8.72. The number of aromatic nitrogens is 1. The number of hydrogen-bond acceptors (Lipinski definition) is 2. The Morgan fingerprint density at radius 1 is 1.60 bits per heavy atom. The van der Waals surface area contributed by atoms with Crippen molar-refractivity contribution in [2.45, 2.75) is 31.4 Å². The molecule has 2 rings (SSSR count). The number of rotatable bonds is 3. The highest BCUT2D eigenvalue weighted by Crippen LogP contribution is 2.32. The Labute approximate surface area is 88.5 Å². The molecule has 0 bridgehead atoms. The Kier molecular flexibility index (Phi) is 2.77. The van der Waals surface area contributed by atoms with Gasteiger partial charge in [-0.3, -0.25) is 0 Å². The molecule has 82 valence electrons. The minimum atomic E-state index is -0.874. The van der Waals surface area contributed by atoms with Crippen LogP contribution in [0.2, 0.25) is 0 Å². The molecule has 1 aliphatic carbocycles. The van der Waals surface area contributed by atoms with Crippen molar-refractivity contribution in [1.82, 2.24) is 4.57 Å². The Morgan fingerprint density at radius 3 is 3.00 bits per heavy atom. The Morgan fingerprint density at radius 2 is 2.40 bits per heavy atom. The predicted molar refractivity (Wildman–Crippen MR) is 55.1 cm³/mol. The van der Waals surface area contributed by atoms with Crippen molar-refractivity contribution in [3.63, 3.8) is 0 Å². The first-order valence-electron chi connectivity index (χ1n) is 5.16. The molecule has 2 atom stereocenters. The molecule has 15 heavy (non-hydrogen) atoms. The number of nitrogens with zero attached hydrogens (tertiary/aromatic N) is 1. The lowest BCUT2D eigenvalue weighted by molar-refractivity contribution is 0.0690. The van der Waals surface area contributed by atoms with Crippen LogP contribution in [-0.4, -0.2) is 28.9 Å². The van der Waals surface area contributed by atoms with E-state index in [1.54, 1.807) is 19.4 Å². The van der Waals surface area contributed by atoms with Crippen molar-refractivity contribution < 1.29 is 14.6 Å². The van der Waals surface area contributed by atoms with Crippen LogP contribution in [0.25, 0.3) is 0 Å². The number of carboxylic acids is 1. The molecule has 1 aromatic rings. The van der Waals surface area contributed by atoms with Gasteiger partial charge in [0.1, 0.15) is 0 Å². The quantitative estimate of drug-likeness (QED) is 0.827. The van der Waals surface area contributed by atoms with Gasteiger partial charge in [-0.15, -0.1) is 0 Å². The van der Waals surface area contributed by atoms with E-state index in [9.17, 15) is 4.79 Å². The third-order valence-corrected chi connectivity index (χ3v) is 3.06. The highest BCUT2D eigenvalue weighted by molar-refractivity contribution is 5.87. The van der Waals surface area contributed by atoms with Gasteiger partial charge in [-0.05, 0) is 25.3 Å². The molecule has 1 N–H and O–H groups in total.